The molecule has 7 heteroatoms. The summed E-state index contributed by atoms with van der Waals surface area (Å²) in [7, 11) is -3.42. The largest absolute Gasteiger partial charge is 0.332 e. The highest BCUT2D eigenvalue weighted by atomic mass is 32.2. The van der Waals surface area contributed by atoms with E-state index in [9.17, 15) is 8.42 Å². The van der Waals surface area contributed by atoms with Crippen LogP contribution < -0.4 is 5.32 Å². The lowest BCUT2D eigenvalue weighted by Gasteiger charge is -2.34. The van der Waals surface area contributed by atoms with E-state index >= 15 is 0 Å². The van der Waals surface area contributed by atoms with Crippen molar-refractivity contribution >= 4 is 10.0 Å². The zero-order valence-corrected chi connectivity index (χ0v) is 13.9. The van der Waals surface area contributed by atoms with Crippen molar-refractivity contribution < 1.29 is 8.42 Å². The molecule has 1 fully saturated rings. The van der Waals surface area contributed by atoms with Crippen LogP contribution in [0.25, 0.3) is 0 Å². The molecule has 0 amide bonds. The van der Waals surface area contributed by atoms with Gasteiger partial charge in [0, 0.05) is 25.6 Å². The van der Waals surface area contributed by atoms with Crippen LogP contribution in [0.15, 0.2) is 11.2 Å². The average Bonchev–Trinajstić information content (AvgIpc) is 2.97. The topological polar surface area (TPSA) is 78.1 Å². The first kappa shape index (κ1) is 16.5. The first-order valence-electron chi connectivity index (χ1n) is 7.76. The lowest BCUT2D eigenvalue weighted by Crippen LogP contribution is -2.44. The second-order valence-corrected chi connectivity index (χ2v) is 7.54. The highest BCUT2D eigenvalue weighted by Gasteiger charge is 2.32. The van der Waals surface area contributed by atoms with Crippen molar-refractivity contribution in [2.45, 2.75) is 51.1 Å². The summed E-state index contributed by atoms with van der Waals surface area (Å²) in [4.78, 5) is 6.99. The first-order valence-corrected chi connectivity index (χ1v) is 9.20. The van der Waals surface area contributed by atoms with Gasteiger partial charge in [0.15, 0.2) is 5.03 Å². The van der Waals surface area contributed by atoms with Crippen molar-refractivity contribution in [2.75, 3.05) is 19.6 Å². The predicted octanol–water partition coefficient (Wildman–Crippen LogP) is 1.37. The predicted molar refractivity (Wildman–Crippen MR) is 82.6 cm³/mol. The molecule has 0 radical (unpaired) electrons. The van der Waals surface area contributed by atoms with Gasteiger partial charge in [-0.1, -0.05) is 13.8 Å². The summed E-state index contributed by atoms with van der Waals surface area (Å²) < 4.78 is 26.7. The summed E-state index contributed by atoms with van der Waals surface area (Å²) in [5.74, 6) is 1.26. The molecule has 0 bridgehead atoms. The Balaban J connectivity index is 2.00. The first-order chi connectivity index (χ1) is 9.98. The molecule has 1 saturated heterocycles. The minimum Gasteiger partial charge on any atom is -0.332 e. The number of H-pyrrole nitrogens is 1. The lowest BCUT2D eigenvalue weighted by atomic mass is 9.91. The van der Waals surface area contributed by atoms with Gasteiger partial charge in [0.25, 0.3) is 10.0 Å². The number of nitrogens with one attached hydrogen (secondary N) is 2. The van der Waals surface area contributed by atoms with Gasteiger partial charge in [-0.15, -0.1) is 0 Å². The lowest BCUT2D eigenvalue weighted by molar-refractivity contribution is 0.232. The number of aromatic nitrogens is 2. The molecule has 0 spiro atoms. The third kappa shape index (κ3) is 3.64. The number of rotatable bonds is 6. The number of imidazole rings is 1. The van der Waals surface area contributed by atoms with E-state index in [1.807, 2.05) is 6.92 Å². The summed E-state index contributed by atoms with van der Waals surface area (Å²) in [5, 5.41) is 3.65. The molecule has 1 atom stereocenters. The minimum absolute atomic E-state index is 0.220. The van der Waals surface area contributed by atoms with E-state index in [2.05, 4.69) is 29.1 Å². The molecule has 1 aromatic heterocycles. The number of hydrogen-bond acceptors (Lipinski definition) is 4. The van der Waals surface area contributed by atoms with Gasteiger partial charge in [-0.05, 0) is 32.2 Å². The minimum atomic E-state index is -3.42. The average molecular weight is 314 g/mol. The van der Waals surface area contributed by atoms with E-state index in [1.54, 1.807) is 4.31 Å². The smallest absolute Gasteiger partial charge is 0.260 e. The maximum absolute atomic E-state index is 12.6. The zero-order valence-electron chi connectivity index (χ0n) is 13.1. The highest BCUT2D eigenvalue weighted by Crippen LogP contribution is 2.25. The number of aromatic amines is 1. The van der Waals surface area contributed by atoms with E-state index in [4.69, 9.17) is 0 Å². The highest BCUT2D eigenvalue weighted by molar-refractivity contribution is 7.89. The van der Waals surface area contributed by atoms with Crippen LogP contribution in [0.5, 0.6) is 0 Å². The summed E-state index contributed by atoms with van der Waals surface area (Å²) in [5.41, 5.74) is 0. The third-order valence-electron chi connectivity index (χ3n) is 4.29. The molecule has 1 aliphatic rings. The van der Waals surface area contributed by atoms with Gasteiger partial charge in [-0.3, -0.25) is 0 Å². The van der Waals surface area contributed by atoms with Gasteiger partial charge >= 0.3 is 0 Å². The Morgan fingerprint density at radius 1 is 1.43 bits per heavy atom. The van der Waals surface area contributed by atoms with E-state index < -0.39 is 10.0 Å². The van der Waals surface area contributed by atoms with Crippen molar-refractivity contribution in [3.63, 3.8) is 0 Å². The normalized spacial score (nSPS) is 19.8. The van der Waals surface area contributed by atoms with Crippen LogP contribution in [0, 0.1) is 5.92 Å². The maximum Gasteiger partial charge on any atom is 0.260 e. The van der Waals surface area contributed by atoms with Crippen LogP contribution in [0.3, 0.4) is 0 Å². The number of sulfonamides is 1. The van der Waals surface area contributed by atoms with Crippen LogP contribution in [0.2, 0.25) is 0 Å². The number of nitrogens with zero attached hydrogens (tertiary/aromatic N) is 2. The molecule has 1 unspecified atom stereocenters. The summed E-state index contributed by atoms with van der Waals surface area (Å²) in [6.45, 7) is 8.35. The van der Waals surface area contributed by atoms with Crippen LogP contribution in [-0.4, -0.2) is 48.4 Å². The molecule has 0 saturated carbocycles. The summed E-state index contributed by atoms with van der Waals surface area (Å²) >= 11 is 0. The Kier molecular flexibility index (Phi) is 5.40. The molecule has 1 aliphatic heterocycles. The van der Waals surface area contributed by atoms with Gasteiger partial charge < -0.3 is 10.3 Å². The summed E-state index contributed by atoms with van der Waals surface area (Å²) in [6, 6.07) is 0.443. The van der Waals surface area contributed by atoms with E-state index in [1.165, 1.54) is 6.20 Å². The van der Waals surface area contributed by atoms with Crippen molar-refractivity contribution in [1.82, 2.24) is 19.6 Å². The second kappa shape index (κ2) is 6.89. The van der Waals surface area contributed by atoms with Crippen molar-refractivity contribution in [1.29, 1.82) is 0 Å². The fraction of sp³-hybridized carbons (Fsp3) is 0.786. The van der Waals surface area contributed by atoms with Crippen molar-refractivity contribution in [3.8, 4) is 0 Å². The standard InChI is InChI=1S/C14H26N4O2S/c1-4-13-16-10-14(17-13)21(19,20)18-8-6-12(7-9-18)11(3)15-5-2/h10-12,15H,4-9H2,1-3H3,(H,16,17). The van der Waals surface area contributed by atoms with E-state index in [0.717, 1.165) is 19.4 Å². The van der Waals surface area contributed by atoms with Crippen LogP contribution in [-0.2, 0) is 16.4 Å². The van der Waals surface area contributed by atoms with Gasteiger partial charge in [0.1, 0.15) is 5.82 Å². The number of aryl methyl sites for hydroxylation is 1. The number of piperidine rings is 1. The Labute approximate surface area is 127 Å². The molecule has 2 heterocycles. The molecular formula is C14H26N4O2S. The van der Waals surface area contributed by atoms with Gasteiger partial charge in [0.05, 0.1) is 6.20 Å². The van der Waals surface area contributed by atoms with Crippen molar-refractivity contribution in [2.24, 2.45) is 5.92 Å². The Morgan fingerprint density at radius 3 is 2.62 bits per heavy atom. The van der Waals surface area contributed by atoms with Gasteiger partial charge in [-0.25, -0.2) is 13.4 Å². The molecule has 0 aromatic carbocycles. The quantitative estimate of drug-likeness (QED) is 0.831. The molecule has 2 rings (SSSR count). The fourth-order valence-electron chi connectivity index (χ4n) is 2.90. The summed E-state index contributed by atoms with van der Waals surface area (Å²) in [6.07, 6.45) is 3.95. The van der Waals surface area contributed by atoms with Gasteiger partial charge in [-0.2, -0.15) is 4.31 Å². The SMILES string of the molecule is CCNC(C)C1CCN(S(=O)(=O)c2cnc(CC)[nH]2)CC1. The van der Waals surface area contributed by atoms with Gasteiger partial charge in [0.2, 0.25) is 0 Å². The molecule has 6 nitrogen and oxygen atoms in total. The molecular weight excluding hydrogens is 288 g/mol. The Morgan fingerprint density at radius 2 is 2.10 bits per heavy atom. The Hall–Kier alpha value is -0.920. The molecule has 0 aliphatic carbocycles. The van der Waals surface area contributed by atoms with Crippen molar-refractivity contribution in [3.05, 3.63) is 12.0 Å². The molecule has 120 valence electrons. The second-order valence-electron chi connectivity index (χ2n) is 5.64. The maximum atomic E-state index is 12.6. The number of hydrogen-bond donors (Lipinski definition) is 2. The third-order valence-corrected chi connectivity index (χ3v) is 6.10. The fourth-order valence-corrected chi connectivity index (χ4v) is 4.30. The van der Waals surface area contributed by atoms with Crippen LogP contribution in [0.4, 0.5) is 0 Å². The molecule has 2 N–H and O–H groups in total. The Bertz CT molecular complexity index is 547. The monoisotopic (exact) mass is 314 g/mol. The molecule has 21 heavy (non-hydrogen) atoms. The van der Waals surface area contributed by atoms with E-state index in [0.29, 0.717) is 37.3 Å². The van der Waals surface area contributed by atoms with E-state index in [-0.39, 0.29) is 5.03 Å². The molecule has 1 aromatic rings. The zero-order chi connectivity index (χ0) is 15.5. The van der Waals surface area contributed by atoms with Crippen LogP contribution >= 0.6 is 0 Å². The van der Waals surface area contributed by atoms with Crippen LogP contribution in [0.1, 0.15) is 39.4 Å².